The zero-order valence-corrected chi connectivity index (χ0v) is 7.90. The first-order valence-electron chi connectivity index (χ1n) is 4.61. The third kappa shape index (κ3) is 1.51. The maximum atomic E-state index is 11.3. The second-order valence-corrected chi connectivity index (χ2v) is 3.11. The van der Waals surface area contributed by atoms with Gasteiger partial charge < -0.3 is 5.32 Å². The standard InChI is InChI=1S/C10H11N3O/c1-2-7-10(14)13-9(12-7)8-5-3-4-6-11-8/h3-7H,2H2,1H3,(H,12,13,14). The SMILES string of the molecule is CCC1N=C(c2ccccn2)NC1=O. The summed E-state index contributed by atoms with van der Waals surface area (Å²) in [5, 5.41) is 2.72. The van der Waals surface area contributed by atoms with Crippen LogP contribution in [0.3, 0.4) is 0 Å². The zero-order valence-electron chi connectivity index (χ0n) is 7.90. The van der Waals surface area contributed by atoms with Gasteiger partial charge in [-0.15, -0.1) is 0 Å². The normalized spacial score (nSPS) is 20.5. The Morgan fingerprint density at radius 1 is 1.50 bits per heavy atom. The molecule has 1 amide bonds. The molecule has 1 aromatic rings. The van der Waals surface area contributed by atoms with E-state index in [0.717, 1.165) is 12.1 Å². The van der Waals surface area contributed by atoms with Gasteiger partial charge in [0.25, 0.3) is 0 Å². The second-order valence-electron chi connectivity index (χ2n) is 3.11. The predicted molar refractivity (Wildman–Crippen MR) is 53.0 cm³/mol. The Labute approximate surface area is 82.1 Å². The van der Waals surface area contributed by atoms with Gasteiger partial charge in [-0.25, -0.2) is 0 Å². The molecule has 72 valence electrons. The van der Waals surface area contributed by atoms with Crippen LogP contribution in [-0.2, 0) is 4.79 Å². The van der Waals surface area contributed by atoms with Gasteiger partial charge in [-0.05, 0) is 18.6 Å². The van der Waals surface area contributed by atoms with E-state index >= 15 is 0 Å². The van der Waals surface area contributed by atoms with Crippen LogP contribution in [-0.4, -0.2) is 22.8 Å². The summed E-state index contributed by atoms with van der Waals surface area (Å²) in [7, 11) is 0. The molecule has 0 aromatic carbocycles. The molecular formula is C10H11N3O. The second kappa shape index (κ2) is 3.57. The van der Waals surface area contributed by atoms with Gasteiger partial charge in [-0.3, -0.25) is 14.8 Å². The lowest BCUT2D eigenvalue weighted by atomic mass is 10.2. The van der Waals surface area contributed by atoms with Crippen LogP contribution in [0.15, 0.2) is 29.4 Å². The molecule has 4 nitrogen and oxygen atoms in total. The summed E-state index contributed by atoms with van der Waals surface area (Å²) in [5.74, 6) is 0.551. The highest BCUT2D eigenvalue weighted by molar-refractivity contribution is 6.12. The van der Waals surface area contributed by atoms with Crippen LogP contribution >= 0.6 is 0 Å². The van der Waals surface area contributed by atoms with Gasteiger partial charge >= 0.3 is 0 Å². The van der Waals surface area contributed by atoms with E-state index in [2.05, 4.69) is 15.3 Å². The highest BCUT2D eigenvalue weighted by Crippen LogP contribution is 2.08. The third-order valence-electron chi connectivity index (χ3n) is 2.12. The minimum atomic E-state index is -0.244. The van der Waals surface area contributed by atoms with E-state index in [9.17, 15) is 4.79 Å². The van der Waals surface area contributed by atoms with Gasteiger partial charge in [0.2, 0.25) is 5.91 Å². The molecule has 0 saturated heterocycles. The van der Waals surface area contributed by atoms with Crippen molar-refractivity contribution in [3.63, 3.8) is 0 Å². The van der Waals surface area contributed by atoms with E-state index in [-0.39, 0.29) is 11.9 Å². The number of nitrogens with one attached hydrogen (secondary N) is 1. The van der Waals surface area contributed by atoms with Gasteiger partial charge in [0.15, 0.2) is 5.84 Å². The van der Waals surface area contributed by atoms with E-state index < -0.39 is 0 Å². The summed E-state index contributed by atoms with van der Waals surface area (Å²) in [6.07, 6.45) is 2.41. The highest BCUT2D eigenvalue weighted by Gasteiger charge is 2.25. The molecule has 1 unspecified atom stereocenters. The lowest BCUT2D eigenvalue weighted by Gasteiger charge is -1.97. The maximum Gasteiger partial charge on any atom is 0.250 e. The molecule has 0 radical (unpaired) electrons. The maximum absolute atomic E-state index is 11.3. The Morgan fingerprint density at radius 2 is 2.36 bits per heavy atom. The number of aliphatic imine (C=N–C) groups is 1. The van der Waals surface area contributed by atoms with Crippen molar-refractivity contribution < 1.29 is 4.79 Å². The van der Waals surface area contributed by atoms with Crippen molar-refractivity contribution in [1.82, 2.24) is 10.3 Å². The molecule has 1 N–H and O–H groups in total. The van der Waals surface area contributed by atoms with Crippen LogP contribution in [0.1, 0.15) is 19.0 Å². The number of pyridine rings is 1. The Kier molecular flexibility index (Phi) is 2.26. The van der Waals surface area contributed by atoms with E-state index in [1.54, 1.807) is 6.20 Å². The number of amidine groups is 1. The number of hydrogen-bond acceptors (Lipinski definition) is 3. The monoisotopic (exact) mass is 189 g/mol. The fourth-order valence-corrected chi connectivity index (χ4v) is 1.36. The van der Waals surface area contributed by atoms with Gasteiger partial charge in [0, 0.05) is 6.20 Å². The van der Waals surface area contributed by atoms with Gasteiger partial charge in [-0.1, -0.05) is 13.0 Å². The molecule has 1 aliphatic rings. The molecule has 1 aliphatic heterocycles. The van der Waals surface area contributed by atoms with E-state index in [1.165, 1.54) is 0 Å². The average molecular weight is 189 g/mol. The molecule has 2 heterocycles. The van der Waals surface area contributed by atoms with E-state index in [1.807, 2.05) is 25.1 Å². The molecule has 14 heavy (non-hydrogen) atoms. The number of carbonyl (C=O) groups excluding carboxylic acids is 1. The summed E-state index contributed by atoms with van der Waals surface area (Å²) < 4.78 is 0. The predicted octanol–water partition coefficient (Wildman–Crippen LogP) is 0.737. The smallest absolute Gasteiger partial charge is 0.250 e. The number of hydrogen-bond donors (Lipinski definition) is 1. The van der Waals surface area contributed by atoms with Crippen LogP contribution in [0.2, 0.25) is 0 Å². The Bertz CT molecular complexity index is 372. The number of rotatable bonds is 2. The summed E-state index contributed by atoms with van der Waals surface area (Å²) >= 11 is 0. The van der Waals surface area contributed by atoms with Gasteiger partial charge in [-0.2, -0.15) is 0 Å². The lowest BCUT2D eigenvalue weighted by molar-refractivity contribution is -0.120. The Hall–Kier alpha value is -1.71. The molecule has 0 spiro atoms. The molecule has 0 bridgehead atoms. The summed E-state index contributed by atoms with van der Waals surface area (Å²) in [6.45, 7) is 1.94. The molecule has 2 rings (SSSR count). The fraction of sp³-hybridized carbons (Fsp3) is 0.300. The van der Waals surface area contributed by atoms with Crippen molar-refractivity contribution >= 4 is 11.7 Å². The number of amides is 1. The van der Waals surface area contributed by atoms with E-state index in [0.29, 0.717) is 5.84 Å². The molecule has 0 fully saturated rings. The average Bonchev–Trinajstić information content (AvgIpc) is 2.61. The van der Waals surface area contributed by atoms with Crippen molar-refractivity contribution in [1.29, 1.82) is 0 Å². The number of nitrogens with zero attached hydrogens (tertiary/aromatic N) is 2. The van der Waals surface area contributed by atoms with Crippen LogP contribution in [0.5, 0.6) is 0 Å². The fourth-order valence-electron chi connectivity index (χ4n) is 1.36. The molecule has 1 atom stereocenters. The third-order valence-corrected chi connectivity index (χ3v) is 2.12. The van der Waals surface area contributed by atoms with Gasteiger partial charge in [0.1, 0.15) is 11.7 Å². The topological polar surface area (TPSA) is 54.4 Å². The van der Waals surface area contributed by atoms with Crippen LogP contribution in [0, 0.1) is 0 Å². The van der Waals surface area contributed by atoms with Crippen molar-refractivity contribution in [2.24, 2.45) is 4.99 Å². The van der Waals surface area contributed by atoms with Gasteiger partial charge in [0.05, 0.1) is 0 Å². The minimum Gasteiger partial charge on any atom is -0.307 e. The van der Waals surface area contributed by atoms with Crippen molar-refractivity contribution in [2.45, 2.75) is 19.4 Å². The molecule has 0 saturated carbocycles. The zero-order chi connectivity index (χ0) is 9.97. The number of carbonyl (C=O) groups is 1. The molecular weight excluding hydrogens is 178 g/mol. The van der Waals surface area contributed by atoms with Crippen LogP contribution < -0.4 is 5.32 Å². The van der Waals surface area contributed by atoms with E-state index in [4.69, 9.17) is 0 Å². The Morgan fingerprint density at radius 3 is 2.93 bits per heavy atom. The summed E-state index contributed by atoms with van der Waals surface area (Å²) in [4.78, 5) is 19.7. The first-order valence-corrected chi connectivity index (χ1v) is 4.61. The Balaban J connectivity index is 2.26. The van der Waals surface area contributed by atoms with Crippen molar-refractivity contribution in [2.75, 3.05) is 0 Å². The molecule has 4 heteroatoms. The van der Waals surface area contributed by atoms with Crippen LogP contribution in [0.25, 0.3) is 0 Å². The molecule has 1 aromatic heterocycles. The first-order chi connectivity index (χ1) is 6.81. The molecule has 0 aliphatic carbocycles. The lowest BCUT2D eigenvalue weighted by Crippen LogP contribution is -2.29. The van der Waals surface area contributed by atoms with Crippen molar-refractivity contribution in [3.8, 4) is 0 Å². The summed E-state index contributed by atoms with van der Waals surface area (Å²) in [5.41, 5.74) is 0.719. The first kappa shape index (κ1) is 8.87. The highest BCUT2D eigenvalue weighted by atomic mass is 16.2. The van der Waals surface area contributed by atoms with Crippen molar-refractivity contribution in [3.05, 3.63) is 30.1 Å². The minimum absolute atomic E-state index is 0.0341. The summed E-state index contributed by atoms with van der Waals surface area (Å²) in [6, 6.07) is 5.29. The largest absolute Gasteiger partial charge is 0.307 e. The quantitative estimate of drug-likeness (QED) is 0.745. The van der Waals surface area contributed by atoms with Crippen LogP contribution in [0.4, 0.5) is 0 Å². The number of aromatic nitrogens is 1.